The van der Waals surface area contributed by atoms with Crippen molar-refractivity contribution in [3.8, 4) is 6.01 Å². The molecule has 2 unspecified atom stereocenters. The molecule has 1 saturated heterocycles. The first-order valence-electron chi connectivity index (χ1n) is 5.92. The summed E-state index contributed by atoms with van der Waals surface area (Å²) in [4.78, 5) is 11.9. The summed E-state index contributed by atoms with van der Waals surface area (Å²) < 4.78 is 10.3. The first kappa shape index (κ1) is 13.7. The van der Waals surface area contributed by atoms with E-state index in [2.05, 4.69) is 25.7 Å². The Bertz CT molecular complexity index is 423. The van der Waals surface area contributed by atoms with E-state index < -0.39 is 5.60 Å². The Hall–Kier alpha value is -1.71. The number of aromatic nitrogens is 3. The molecule has 9 nitrogen and oxygen atoms in total. The number of hydrogen-bond acceptors (Lipinski definition) is 9. The first-order valence-corrected chi connectivity index (χ1v) is 5.92. The van der Waals surface area contributed by atoms with E-state index in [1.165, 1.54) is 7.11 Å². The minimum absolute atomic E-state index is 0.133. The Labute approximate surface area is 110 Å². The highest BCUT2D eigenvalue weighted by Crippen LogP contribution is 2.25. The Kier molecular flexibility index (Phi) is 3.98. The lowest BCUT2D eigenvalue weighted by Gasteiger charge is -2.26. The van der Waals surface area contributed by atoms with E-state index in [1.807, 2.05) is 6.92 Å². The van der Waals surface area contributed by atoms with Crippen LogP contribution >= 0.6 is 0 Å². The van der Waals surface area contributed by atoms with Gasteiger partial charge in [-0.15, -0.1) is 0 Å². The lowest BCUT2D eigenvalue weighted by molar-refractivity contribution is -0.0177. The number of nitrogens with zero attached hydrogens (tertiary/aromatic N) is 3. The lowest BCUT2D eigenvalue weighted by atomic mass is 9.97. The Balaban J connectivity index is 2.06. The summed E-state index contributed by atoms with van der Waals surface area (Å²) in [5.41, 5.74) is 1.38. The highest BCUT2D eigenvalue weighted by Gasteiger charge is 2.39. The second-order valence-electron chi connectivity index (χ2n) is 4.33. The van der Waals surface area contributed by atoms with Gasteiger partial charge in [0.2, 0.25) is 11.9 Å². The van der Waals surface area contributed by atoms with E-state index in [-0.39, 0.29) is 30.6 Å². The minimum Gasteiger partial charge on any atom is -0.467 e. The predicted molar refractivity (Wildman–Crippen MR) is 67.7 cm³/mol. The maximum Gasteiger partial charge on any atom is 0.322 e. The van der Waals surface area contributed by atoms with Gasteiger partial charge in [-0.3, -0.25) is 5.43 Å². The van der Waals surface area contributed by atoms with Crippen LogP contribution in [0.15, 0.2) is 0 Å². The van der Waals surface area contributed by atoms with Gasteiger partial charge in [-0.2, -0.15) is 15.0 Å². The number of hydrazine groups is 1. The van der Waals surface area contributed by atoms with Crippen LogP contribution in [0.25, 0.3) is 0 Å². The molecule has 0 amide bonds. The van der Waals surface area contributed by atoms with E-state index in [1.54, 1.807) is 0 Å². The molecule has 2 heterocycles. The predicted octanol–water partition coefficient (Wildman–Crippen LogP) is -0.882. The number of anilines is 2. The number of nitrogen functional groups attached to an aromatic ring is 1. The van der Waals surface area contributed by atoms with Gasteiger partial charge in [-0.25, -0.2) is 5.84 Å². The van der Waals surface area contributed by atoms with Crippen molar-refractivity contribution in [3.05, 3.63) is 0 Å². The molecule has 19 heavy (non-hydrogen) atoms. The fourth-order valence-corrected chi connectivity index (χ4v) is 1.83. The summed E-state index contributed by atoms with van der Waals surface area (Å²) in [6.45, 7) is 2.64. The number of methoxy groups -OCH3 is 1. The Morgan fingerprint density at radius 1 is 1.47 bits per heavy atom. The van der Waals surface area contributed by atoms with Crippen LogP contribution in [0.1, 0.15) is 13.3 Å². The van der Waals surface area contributed by atoms with Crippen molar-refractivity contribution < 1.29 is 14.6 Å². The summed E-state index contributed by atoms with van der Waals surface area (Å²) in [6, 6.07) is 0.133. The highest BCUT2D eigenvalue weighted by atomic mass is 16.5. The third-order valence-corrected chi connectivity index (χ3v) is 3.14. The molecule has 5 N–H and O–H groups in total. The third-order valence-electron chi connectivity index (χ3n) is 3.14. The van der Waals surface area contributed by atoms with Gasteiger partial charge in [0, 0.05) is 19.6 Å². The van der Waals surface area contributed by atoms with Crippen molar-refractivity contribution in [2.75, 3.05) is 31.0 Å². The van der Waals surface area contributed by atoms with E-state index >= 15 is 0 Å². The number of ether oxygens (including phenoxy) is 2. The fourth-order valence-electron chi connectivity index (χ4n) is 1.83. The minimum atomic E-state index is -0.934. The molecule has 0 aliphatic carbocycles. The van der Waals surface area contributed by atoms with Crippen LogP contribution in [0, 0.1) is 0 Å². The van der Waals surface area contributed by atoms with E-state index in [4.69, 9.17) is 15.3 Å². The van der Waals surface area contributed by atoms with Crippen molar-refractivity contribution in [1.29, 1.82) is 0 Å². The van der Waals surface area contributed by atoms with Gasteiger partial charge in [0.15, 0.2) is 0 Å². The average molecular weight is 270 g/mol. The van der Waals surface area contributed by atoms with E-state index in [0.717, 1.165) is 0 Å². The maximum atomic E-state index is 10.3. The molecule has 1 fully saturated rings. The van der Waals surface area contributed by atoms with Gasteiger partial charge in [0.1, 0.15) is 5.60 Å². The molecule has 0 radical (unpaired) electrons. The maximum absolute atomic E-state index is 10.3. The van der Waals surface area contributed by atoms with E-state index in [9.17, 15) is 5.11 Å². The zero-order valence-electron chi connectivity index (χ0n) is 10.9. The molecule has 1 aromatic rings. The molecule has 106 valence electrons. The van der Waals surface area contributed by atoms with Crippen LogP contribution in [0.3, 0.4) is 0 Å². The van der Waals surface area contributed by atoms with Crippen molar-refractivity contribution in [1.82, 2.24) is 15.0 Å². The molecule has 2 rings (SSSR count). The molecule has 2 atom stereocenters. The normalized spacial score (nSPS) is 26.2. The largest absolute Gasteiger partial charge is 0.467 e. The smallest absolute Gasteiger partial charge is 0.322 e. The number of rotatable bonds is 5. The number of nitrogens with one attached hydrogen (secondary N) is 2. The molecule has 1 aromatic heterocycles. The van der Waals surface area contributed by atoms with Crippen molar-refractivity contribution in [2.24, 2.45) is 5.84 Å². The second-order valence-corrected chi connectivity index (χ2v) is 4.33. The second kappa shape index (κ2) is 5.51. The number of hydrogen-bond donors (Lipinski definition) is 4. The SMILES string of the molecule is COc1nc(NN)nc(NCC2(O)CCOC2C)n1. The number of aliphatic hydroxyl groups is 1. The highest BCUT2D eigenvalue weighted by molar-refractivity contribution is 5.35. The topological polar surface area (TPSA) is 127 Å². The molecule has 9 heteroatoms. The van der Waals surface area contributed by atoms with Gasteiger partial charge < -0.3 is 19.9 Å². The van der Waals surface area contributed by atoms with Crippen LogP contribution in [0.4, 0.5) is 11.9 Å². The summed E-state index contributed by atoms with van der Waals surface area (Å²) >= 11 is 0. The van der Waals surface area contributed by atoms with Gasteiger partial charge >= 0.3 is 6.01 Å². The van der Waals surface area contributed by atoms with Crippen LogP contribution in [0.2, 0.25) is 0 Å². The van der Waals surface area contributed by atoms with Crippen LogP contribution in [-0.2, 0) is 4.74 Å². The molecular formula is C10H18N6O3. The summed E-state index contributed by atoms with van der Waals surface area (Å²) in [7, 11) is 1.44. The molecular weight excluding hydrogens is 252 g/mol. The third kappa shape index (κ3) is 3.00. The van der Waals surface area contributed by atoms with E-state index in [0.29, 0.717) is 13.0 Å². The summed E-state index contributed by atoms with van der Waals surface area (Å²) in [5.74, 6) is 5.70. The van der Waals surface area contributed by atoms with Gasteiger partial charge in [-0.1, -0.05) is 0 Å². The number of nitrogens with two attached hydrogens (primary N) is 1. The van der Waals surface area contributed by atoms with Gasteiger partial charge in [0.25, 0.3) is 0 Å². The standard InChI is InChI=1S/C10H18N6O3/c1-6-10(17,3-4-19-6)5-12-7-13-8(16-11)15-9(14-7)18-2/h6,17H,3-5,11H2,1-2H3,(H2,12,13,14,15,16). The van der Waals surface area contributed by atoms with Crippen molar-refractivity contribution >= 4 is 11.9 Å². The molecule has 1 aliphatic rings. The lowest BCUT2D eigenvalue weighted by Crippen LogP contribution is -2.43. The zero-order valence-corrected chi connectivity index (χ0v) is 10.9. The summed E-state index contributed by atoms with van der Waals surface area (Å²) in [6.07, 6.45) is 0.321. The molecule has 0 saturated carbocycles. The van der Waals surface area contributed by atoms with Crippen molar-refractivity contribution in [2.45, 2.75) is 25.0 Å². The quantitative estimate of drug-likeness (QED) is 0.398. The van der Waals surface area contributed by atoms with Crippen LogP contribution in [-0.4, -0.2) is 52.0 Å². The summed E-state index contributed by atoms with van der Waals surface area (Å²) in [5, 5.41) is 13.3. The Morgan fingerprint density at radius 2 is 2.21 bits per heavy atom. The first-order chi connectivity index (χ1) is 9.07. The molecule has 0 bridgehead atoms. The molecule has 0 spiro atoms. The van der Waals surface area contributed by atoms with Crippen LogP contribution < -0.4 is 21.3 Å². The average Bonchev–Trinajstić information content (AvgIpc) is 2.76. The monoisotopic (exact) mass is 270 g/mol. The Morgan fingerprint density at radius 3 is 2.79 bits per heavy atom. The van der Waals surface area contributed by atoms with Gasteiger partial charge in [0.05, 0.1) is 13.2 Å². The fraction of sp³-hybridized carbons (Fsp3) is 0.700. The van der Waals surface area contributed by atoms with Crippen molar-refractivity contribution in [3.63, 3.8) is 0 Å². The molecule has 0 aromatic carbocycles. The molecule has 1 aliphatic heterocycles. The van der Waals surface area contributed by atoms with Crippen LogP contribution in [0.5, 0.6) is 6.01 Å². The zero-order chi connectivity index (χ0) is 13.9. The van der Waals surface area contributed by atoms with Gasteiger partial charge in [-0.05, 0) is 6.92 Å².